The van der Waals surface area contributed by atoms with Gasteiger partial charge in [0.15, 0.2) is 0 Å². The summed E-state index contributed by atoms with van der Waals surface area (Å²) in [5, 5.41) is 3.02. The van der Waals surface area contributed by atoms with Crippen molar-refractivity contribution >= 4 is 11.7 Å². The zero-order valence-corrected chi connectivity index (χ0v) is 14.4. The van der Waals surface area contributed by atoms with Crippen LogP contribution in [-0.2, 0) is 11.3 Å². The van der Waals surface area contributed by atoms with E-state index in [1.54, 1.807) is 24.8 Å². The lowest BCUT2D eigenvalue weighted by atomic mass is 9.97. The highest BCUT2D eigenvalue weighted by Gasteiger charge is 2.26. The fourth-order valence-electron chi connectivity index (χ4n) is 3.01. The highest BCUT2D eigenvalue weighted by Crippen LogP contribution is 2.21. The van der Waals surface area contributed by atoms with Crippen LogP contribution in [0.5, 0.6) is 5.88 Å². The van der Waals surface area contributed by atoms with Gasteiger partial charge in [0.1, 0.15) is 5.82 Å². The van der Waals surface area contributed by atoms with E-state index in [0.29, 0.717) is 25.6 Å². The van der Waals surface area contributed by atoms with E-state index >= 15 is 0 Å². The predicted octanol–water partition coefficient (Wildman–Crippen LogP) is 1.80. The van der Waals surface area contributed by atoms with Crippen LogP contribution < -0.4 is 15.0 Å². The average molecular weight is 341 g/mol. The van der Waals surface area contributed by atoms with Gasteiger partial charge in [0.05, 0.1) is 18.7 Å². The molecule has 1 unspecified atom stereocenters. The summed E-state index contributed by atoms with van der Waals surface area (Å²) in [6.07, 6.45) is 8.61. The van der Waals surface area contributed by atoms with Crippen molar-refractivity contribution in [1.29, 1.82) is 0 Å². The number of amides is 1. The van der Waals surface area contributed by atoms with E-state index in [2.05, 4.69) is 25.2 Å². The molecule has 3 rings (SSSR count). The first kappa shape index (κ1) is 17.1. The first-order chi connectivity index (χ1) is 12.3. The van der Waals surface area contributed by atoms with Crippen molar-refractivity contribution in [1.82, 2.24) is 20.3 Å². The molecule has 0 spiro atoms. The summed E-state index contributed by atoms with van der Waals surface area (Å²) < 4.78 is 5.50. The second-order valence-electron chi connectivity index (χ2n) is 5.97. The summed E-state index contributed by atoms with van der Waals surface area (Å²) in [5.74, 6) is 1.41. The van der Waals surface area contributed by atoms with Crippen LogP contribution in [0.4, 0.5) is 5.82 Å². The Bertz CT molecular complexity index is 695. The minimum atomic E-state index is -0.0528. The highest BCUT2D eigenvalue weighted by atomic mass is 16.5. The summed E-state index contributed by atoms with van der Waals surface area (Å²) in [6.45, 7) is 4.45. The number of rotatable bonds is 6. The van der Waals surface area contributed by atoms with Crippen molar-refractivity contribution in [3.63, 3.8) is 0 Å². The van der Waals surface area contributed by atoms with E-state index in [1.807, 2.05) is 19.1 Å². The second-order valence-corrected chi connectivity index (χ2v) is 5.97. The Balaban J connectivity index is 1.58. The van der Waals surface area contributed by atoms with Crippen molar-refractivity contribution < 1.29 is 9.53 Å². The molecule has 7 heteroatoms. The maximum absolute atomic E-state index is 12.6. The maximum atomic E-state index is 12.6. The Morgan fingerprint density at radius 1 is 1.36 bits per heavy atom. The molecule has 1 N–H and O–H groups in total. The molecule has 2 aromatic rings. The monoisotopic (exact) mass is 341 g/mol. The van der Waals surface area contributed by atoms with E-state index in [9.17, 15) is 4.79 Å². The van der Waals surface area contributed by atoms with Crippen molar-refractivity contribution in [2.24, 2.45) is 5.92 Å². The molecule has 0 saturated carbocycles. The van der Waals surface area contributed by atoms with Gasteiger partial charge in [-0.2, -0.15) is 0 Å². The molecule has 1 aliphatic rings. The number of hydrogen-bond acceptors (Lipinski definition) is 6. The smallest absolute Gasteiger partial charge is 0.225 e. The van der Waals surface area contributed by atoms with Crippen LogP contribution in [0.1, 0.15) is 25.3 Å². The quantitative estimate of drug-likeness (QED) is 0.863. The van der Waals surface area contributed by atoms with Crippen LogP contribution in [0.25, 0.3) is 0 Å². The van der Waals surface area contributed by atoms with Gasteiger partial charge in [-0.05, 0) is 25.8 Å². The third-order valence-corrected chi connectivity index (χ3v) is 4.25. The molecule has 0 bridgehead atoms. The maximum Gasteiger partial charge on any atom is 0.225 e. The molecule has 0 radical (unpaired) electrons. The summed E-state index contributed by atoms with van der Waals surface area (Å²) in [7, 11) is 0. The van der Waals surface area contributed by atoms with Crippen LogP contribution in [-0.4, -0.2) is 40.6 Å². The molecule has 0 aromatic carbocycles. The number of aromatic nitrogens is 3. The first-order valence-electron chi connectivity index (χ1n) is 8.63. The largest absolute Gasteiger partial charge is 0.478 e. The molecular weight excluding hydrogens is 318 g/mol. The van der Waals surface area contributed by atoms with Gasteiger partial charge in [0.25, 0.3) is 0 Å². The molecule has 25 heavy (non-hydrogen) atoms. The van der Waals surface area contributed by atoms with E-state index in [1.165, 1.54) is 0 Å². The minimum absolute atomic E-state index is 0.0528. The van der Waals surface area contributed by atoms with Gasteiger partial charge in [-0.15, -0.1) is 0 Å². The lowest BCUT2D eigenvalue weighted by Crippen LogP contribution is -2.43. The van der Waals surface area contributed by atoms with Gasteiger partial charge in [0.2, 0.25) is 11.8 Å². The molecule has 0 aliphatic carbocycles. The van der Waals surface area contributed by atoms with E-state index in [4.69, 9.17) is 4.74 Å². The number of nitrogens with zero attached hydrogens (tertiary/aromatic N) is 4. The molecule has 2 aromatic heterocycles. The molecule has 1 atom stereocenters. The van der Waals surface area contributed by atoms with E-state index in [0.717, 1.165) is 30.8 Å². The lowest BCUT2D eigenvalue weighted by Gasteiger charge is -2.32. The van der Waals surface area contributed by atoms with Crippen LogP contribution >= 0.6 is 0 Å². The number of pyridine rings is 1. The van der Waals surface area contributed by atoms with E-state index in [-0.39, 0.29) is 11.8 Å². The fraction of sp³-hybridized carbons (Fsp3) is 0.444. The Morgan fingerprint density at radius 2 is 2.28 bits per heavy atom. The topological polar surface area (TPSA) is 80.2 Å². The van der Waals surface area contributed by atoms with Gasteiger partial charge >= 0.3 is 0 Å². The molecule has 1 saturated heterocycles. The fourth-order valence-corrected chi connectivity index (χ4v) is 3.01. The van der Waals surface area contributed by atoms with Crippen LogP contribution in [0.15, 0.2) is 36.9 Å². The number of nitrogens with one attached hydrogen (secondary N) is 1. The SMILES string of the molecule is CCOc1ncccc1CNC(=O)C1CCCN(c2cnccn2)C1. The standard InChI is InChI=1S/C18H23N5O2/c1-2-25-18-14(5-3-7-21-18)11-22-17(24)15-6-4-10-23(13-15)16-12-19-8-9-20-16/h3,5,7-9,12,15H,2,4,6,10-11,13H2,1H3,(H,22,24). The van der Waals surface area contributed by atoms with Crippen molar-refractivity contribution in [2.45, 2.75) is 26.3 Å². The summed E-state index contributed by atoms with van der Waals surface area (Å²) in [5.41, 5.74) is 0.888. The van der Waals surface area contributed by atoms with E-state index < -0.39 is 0 Å². The summed E-state index contributed by atoms with van der Waals surface area (Å²) in [6, 6.07) is 3.77. The number of carbonyl (C=O) groups is 1. The molecular formula is C18H23N5O2. The summed E-state index contributed by atoms with van der Waals surface area (Å²) >= 11 is 0. The molecule has 1 aliphatic heterocycles. The van der Waals surface area contributed by atoms with Gasteiger partial charge < -0.3 is 15.0 Å². The third kappa shape index (κ3) is 4.43. The van der Waals surface area contributed by atoms with Crippen LogP contribution in [0.2, 0.25) is 0 Å². The third-order valence-electron chi connectivity index (χ3n) is 4.25. The Kier molecular flexibility index (Phi) is 5.77. The Labute approximate surface area is 147 Å². The van der Waals surface area contributed by atoms with Crippen LogP contribution in [0.3, 0.4) is 0 Å². The van der Waals surface area contributed by atoms with Gasteiger partial charge in [0, 0.05) is 43.8 Å². The van der Waals surface area contributed by atoms with Gasteiger partial charge in [-0.3, -0.25) is 9.78 Å². The first-order valence-corrected chi connectivity index (χ1v) is 8.63. The second kappa shape index (κ2) is 8.41. The molecule has 3 heterocycles. The van der Waals surface area contributed by atoms with Crippen LogP contribution in [0, 0.1) is 5.92 Å². The van der Waals surface area contributed by atoms with Crippen molar-refractivity contribution in [2.75, 3.05) is 24.6 Å². The van der Waals surface area contributed by atoms with Crippen molar-refractivity contribution in [3.05, 3.63) is 42.5 Å². The lowest BCUT2D eigenvalue weighted by molar-refractivity contribution is -0.125. The Hall–Kier alpha value is -2.70. The predicted molar refractivity (Wildman–Crippen MR) is 94.2 cm³/mol. The minimum Gasteiger partial charge on any atom is -0.478 e. The zero-order valence-electron chi connectivity index (χ0n) is 14.4. The number of anilines is 1. The average Bonchev–Trinajstić information content (AvgIpc) is 2.68. The number of piperidine rings is 1. The molecule has 7 nitrogen and oxygen atoms in total. The van der Waals surface area contributed by atoms with Gasteiger partial charge in [-0.25, -0.2) is 9.97 Å². The Morgan fingerprint density at radius 3 is 3.08 bits per heavy atom. The number of carbonyl (C=O) groups excluding carboxylic acids is 1. The molecule has 1 amide bonds. The number of ether oxygens (including phenoxy) is 1. The zero-order chi connectivity index (χ0) is 17.5. The van der Waals surface area contributed by atoms with Crippen molar-refractivity contribution in [3.8, 4) is 5.88 Å². The highest BCUT2D eigenvalue weighted by molar-refractivity contribution is 5.79. The molecule has 1 fully saturated rings. The normalized spacial score (nSPS) is 17.2. The summed E-state index contributed by atoms with van der Waals surface area (Å²) in [4.78, 5) is 27.4. The molecule has 132 valence electrons. The van der Waals surface area contributed by atoms with Gasteiger partial charge in [-0.1, -0.05) is 6.07 Å². The number of hydrogen-bond donors (Lipinski definition) is 1.